The summed E-state index contributed by atoms with van der Waals surface area (Å²) in [5, 5.41) is 0. The molecule has 0 heterocycles. The van der Waals surface area contributed by atoms with Gasteiger partial charge in [0.25, 0.3) is 0 Å². The maximum atomic E-state index is 5.83. The lowest BCUT2D eigenvalue weighted by atomic mass is 9.77. The van der Waals surface area contributed by atoms with E-state index in [1.807, 2.05) is 0 Å². The van der Waals surface area contributed by atoms with Gasteiger partial charge in [-0.05, 0) is 42.0 Å². The van der Waals surface area contributed by atoms with E-state index in [4.69, 9.17) is 5.73 Å². The predicted octanol–water partition coefficient (Wildman–Crippen LogP) is 3.61. The molecule has 0 bridgehead atoms. The van der Waals surface area contributed by atoms with Gasteiger partial charge >= 0.3 is 0 Å². The Bertz CT molecular complexity index is 297. The number of hydrogen-bond acceptors (Lipinski definition) is 1. The summed E-state index contributed by atoms with van der Waals surface area (Å²) in [6, 6.07) is 8.51. The van der Waals surface area contributed by atoms with Crippen LogP contribution in [0.5, 0.6) is 0 Å². The van der Waals surface area contributed by atoms with Crippen LogP contribution in [0.1, 0.15) is 26.3 Å². The lowest BCUT2D eigenvalue weighted by molar-refractivity contribution is 0.246. The molecule has 1 aromatic rings. The van der Waals surface area contributed by atoms with Crippen LogP contribution >= 0.6 is 15.9 Å². The van der Waals surface area contributed by atoms with Crippen molar-refractivity contribution in [2.24, 2.45) is 17.1 Å². The first-order chi connectivity index (χ1) is 6.93. The standard InChI is InChI=1S/C13H20BrN/c1-13(2,3)11(9-15)8-10-4-6-12(14)7-5-10/h4-7,11H,8-9,15H2,1-3H3. The van der Waals surface area contributed by atoms with E-state index in [1.54, 1.807) is 0 Å². The minimum atomic E-state index is 0.280. The van der Waals surface area contributed by atoms with Gasteiger partial charge in [0.05, 0.1) is 0 Å². The number of benzene rings is 1. The molecule has 0 aliphatic carbocycles. The Labute approximate surface area is 101 Å². The molecule has 0 aliphatic heterocycles. The third kappa shape index (κ3) is 3.96. The van der Waals surface area contributed by atoms with E-state index in [9.17, 15) is 0 Å². The SMILES string of the molecule is CC(C)(C)C(CN)Cc1ccc(Br)cc1. The van der Waals surface area contributed by atoms with Gasteiger partial charge in [0.15, 0.2) is 0 Å². The second-order valence-corrected chi connectivity index (χ2v) is 6.04. The maximum Gasteiger partial charge on any atom is 0.0175 e. The van der Waals surface area contributed by atoms with E-state index in [-0.39, 0.29) is 5.41 Å². The fourth-order valence-corrected chi connectivity index (χ4v) is 1.91. The number of halogens is 1. The maximum absolute atomic E-state index is 5.83. The summed E-state index contributed by atoms with van der Waals surface area (Å²) in [7, 11) is 0. The smallest absolute Gasteiger partial charge is 0.0175 e. The lowest BCUT2D eigenvalue weighted by Crippen LogP contribution is -2.29. The second-order valence-electron chi connectivity index (χ2n) is 5.13. The normalized spacial score (nSPS) is 13.9. The average Bonchev–Trinajstić information content (AvgIpc) is 2.15. The summed E-state index contributed by atoms with van der Waals surface area (Å²) in [6.07, 6.45) is 1.06. The van der Waals surface area contributed by atoms with Crippen molar-refractivity contribution in [3.8, 4) is 0 Å². The molecular formula is C13H20BrN. The van der Waals surface area contributed by atoms with Crippen LogP contribution in [0.3, 0.4) is 0 Å². The molecule has 1 aromatic carbocycles. The van der Waals surface area contributed by atoms with Crippen LogP contribution in [0.2, 0.25) is 0 Å². The first-order valence-corrected chi connectivity index (χ1v) is 6.17. The Kier molecular flexibility index (Phi) is 4.35. The second kappa shape index (κ2) is 5.13. The molecule has 0 aromatic heterocycles. The van der Waals surface area contributed by atoms with E-state index in [2.05, 4.69) is 61.0 Å². The predicted molar refractivity (Wildman–Crippen MR) is 69.8 cm³/mol. The Balaban J connectivity index is 2.71. The molecule has 0 fully saturated rings. The largest absolute Gasteiger partial charge is 0.330 e. The van der Waals surface area contributed by atoms with Crippen molar-refractivity contribution in [2.45, 2.75) is 27.2 Å². The molecule has 0 aliphatic rings. The van der Waals surface area contributed by atoms with E-state index in [1.165, 1.54) is 5.56 Å². The van der Waals surface area contributed by atoms with Gasteiger partial charge in [-0.25, -0.2) is 0 Å². The summed E-state index contributed by atoms with van der Waals surface area (Å²) < 4.78 is 1.13. The minimum Gasteiger partial charge on any atom is -0.330 e. The summed E-state index contributed by atoms with van der Waals surface area (Å²) in [5.41, 5.74) is 7.47. The van der Waals surface area contributed by atoms with Crippen LogP contribution < -0.4 is 5.73 Å². The Morgan fingerprint density at radius 1 is 1.20 bits per heavy atom. The van der Waals surface area contributed by atoms with Crippen LogP contribution in [0.15, 0.2) is 28.7 Å². The van der Waals surface area contributed by atoms with Gasteiger partial charge in [0, 0.05) is 4.47 Å². The van der Waals surface area contributed by atoms with Crippen LogP contribution in [0.25, 0.3) is 0 Å². The Hall–Kier alpha value is -0.340. The molecule has 1 unspecified atom stereocenters. The molecule has 1 atom stereocenters. The molecule has 15 heavy (non-hydrogen) atoms. The van der Waals surface area contributed by atoms with Gasteiger partial charge in [-0.2, -0.15) is 0 Å². The van der Waals surface area contributed by atoms with E-state index >= 15 is 0 Å². The first-order valence-electron chi connectivity index (χ1n) is 5.38. The quantitative estimate of drug-likeness (QED) is 0.892. The van der Waals surface area contributed by atoms with Crippen molar-refractivity contribution in [1.82, 2.24) is 0 Å². The van der Waals surface area contributed by atoms with Gasteiger partial charge in [0.2, 0.25) is 0 Å². The fraction of sp³-hybridized carbons (Fsp3) is 0.538. The highest BCUT2D eigenvalue weighted by Crippen LogP contribution is 2.28. The third-order valence-electron chi connectivity index (χ3n) is 2.90. The lowest BCUT2D eigenvalue weighted by Gasteiger charge is -2.29. The molecule has 0 saturated carbocycles. The van der Waals surface area contributed by atoms with Crippen LogP contribution in [0, 0.1) is 11.3 Å². The van der Waals surface area contributed by atoms with Crippen LogP contribution in [-0.4, -0.2) is 6.54 Å². The fourth-order valence-electron chi connectivity index (χ4n) is 1.65. The number of hydrogen-bond donors (Lipinski definition) is 1. The zero-order valence-corrected chi connectivity index (χ0v) is 11.3. The van der Waals surface area contributed by atoms with E-state index in [0.29, 0.717) is 5.92 Å². The molecule has 2 N–H and O–H groups in total. The first kappa shape index (κ1) is 12.7. The molecule has 1 nitrogen and oxygen atoms in total. The van der Waals surface area contributed by atoms with Gasteiger partial charge in [-0.1, -0.05) is 48.8 Å². The number of nitrogens with two attached hydrogens (primary N) is 1. The summed E-state index contributed by atoms with van der Waals surface area (Å²) in [6.45, 7) is 7.51. The molecule has 0 spiro atoms. The molecule has 2 heteroatoms. The summed E-state index contributed by atoms with van der Waals surface area (Å²) >= 11 is 3.44. The highest BCUT2D eigenvalue weighted by molar-refractivity contribution is 9.10. The monoisotopic (exact) mass is 269 g/mol. The zero-order chi connectivity index (χ0) is 11.5. The molecule has 0 radical (unpaired) electrons. The molecule has 1 rings (SSSR count). The Morgan fingerprint density at radius 3 is 2.13 bits per heavy atom. The highest BCUT2D eigenvalue weighted by atomic mass is 79.9. The molecule has 84 valence electrons. The zero-order valence-electron chi connectivity index (χ0n) is 9.76. The van der Waals surface area contributed by atoms with Gasteiger partial charge < -0.3 is 5.73 Å². The van der Waals surface area contributed by atoms with Gasteiger partial charge in [-0.15, -0.1) is 0 Å². The van der Waals surface area contributed by atoms with Crippen molar-refractivity contribution < 1.29 is 0 Å². The Morgan fingerprint density at radius 2 is 1.73 bits per heavy atom. The van der Waals surface area contributed by atoms with Crippen molar-refractivity contribution in [2.75, 3.05) is 6.54 Å². The van der Waals surface area contributed by atoms with Crippen molar-refractivity contribution in [3.63, 3.8) is 0 Å². The van der Waals surface area contributed by atoms with Gasteiger partial charge in [0.1, 0.15) is 0 Å². The van der Waals surface area contributed by atoms with Crippen molar-refractivity contribution in [1.29, 1.82) is 0 Å². The van der Waals surface area contributed by atoms with Crippen LogP contribution in [-0.2, 0) is 6.42 Å². The summed E-state index contributed by atoms with van der Waals surface area (Å²) in [5.74, 6) is 0.540. The molecular weight excluding hydrogens is 250 g/mol. The van der Waals surface area contributed by atoms with Crippen molar-refractivity contribution in [3.05, 3.63) is 34.3 Å². The van der Waals surface area contributed by atoms with E-state index in [0.717, 1.165) is 17.4 Å². The summed E-state index contributed by atoms with van der Waals surface area (Å²) in [4.78, 5) is 0. The van der Waals surface area contributed by atoms with E-state index < -0.39 is 0 Å². The highest BCUT2D eigenvalue weighted by Gasteiger charge is 2.23. The average molecular weight is 270 g/mol. The van der Waals surface area contributed by atoms with Gasteiger partial charge in [-0.3, -0.25) is 0 Å². The molecule has 0 amide bonds. The minimum absolute atomic E-state index is 0.280. The van der Waals surface area contributed by atoms with Crippen molar-refractivity contribution >= 4 is 15.9 Å². The van der Waals surface area contributed by atoms with Crippen LogP contribution in [0.4, 0.5) is 0 Å². The topological polar surface area (TPSA) is 26.0 Å². The molecule has 0 saturated heterocycles. The number of rotatable bonds is 3. The third-order valence-corrected chi connectivity index (χ3v) is 3.43.